The van der Waals surface area contributed by atoms with Crippen LogP contribution in [0.2, 0.25) is 0 Å². The lowest BCUT2D eigenvalue weighted by atomic mass is 10.0. The van der Waals surface area contributed by atoms with Crippen molar-refractivity contribution in [1.29, 1.82) is 0 Å². The molecule has 0 aromatic carbocycles. The first-order valence-electron chi connectivity index (χ1n) is 4.94. The molecule has 1 heterocycles. The lowest BCUT2D eigenvalue weighted by Gasteiger charge is -2.14. The van der Waals surface area contributed by atoms with Crippen molar-refractivity contribution in [3.8, 4) is 0 Å². The first-order chi connectivity index (χ1) is 7.02. The van der Waals surface area contributed by atoms with Crippen LogP contribution in [0.15, 0.2) is 5.51 Å². The number of thiazole rings is 1. The summed E-state index contributed by atoms with van der Waals surface area (Å²) in [5.74, 6) is -0.156. The molecule has 4 nitrogen and oxygen atoms in total. The molecule has 5 heteroatoms. The first kappa shape index (κ1) is 12.1. The number of amides is 1. The molecule has 3 N–H and O–H groups in total. The van der Waals surface area contributed by atoms with E-state index in [0.717, 1.165) is 10.6 Å². The highest BCUT2D eigenvalue weighted by Crippen LogP contribution is 2.11. The van der Waals surface area contributed by atoms with Crippen LogP contribution in [0.3, 0.4) is 0 Å². The van der Waals surface area contributed by atoms with Crippen molar-refractivity contribution in [2.75, 3.05) is 0 Å². The fourth-order valence-corrected chi connectivity index (χ4v) is 1.78. The number of carbonyl (C=O) groups excluding carboxylic acids is 1. The molecule has 0 aliphatic heterocycles. The predicted octanol–water partition coefficient (Wildman–Crippen LogP) is 1.05. The second kappa shape index (κ2) is 5.23. The lowest BCUT2D eigenvalue weighted by Crippen LogP contribution is -2.38. The van der Waals surface area contributed by atoms with Gasteiger partial charge in [0, 0.05) is 16.8 Å². The highest BCUT2D eigenvalue weighted by molar-refractivity contribution is 7.09. The van der Waals surface area contributed by atoms with E-state index < -0.39 is 0 Å². The maximum Gasteiger partial charge on any atom is 0.224 e. The number of nitrogens with zero attached hydrogens (tertiary/aromatic N) is 1. The van der Waals surface area contributed by atoms with Gasteiger partial charge in [-0.1, -0.05) is 6.92 Å². The standard InChI is InChI=1S/C10H17N3OS/c1-6(7(2)11)10(14)12-4-9-8(3)13-5-15-9/h5-7H,4,11H2,1-3H3,(H,12,14). The van der Waals surface area contributed by atoms with E-state index >= 15 is 0 Å². The lowest BCUT2D eigenvalue weighted by molar-refractivity contribution is -0.125. The molecule has 2 unspecified atom stereocenters. The Kier molecular flexibility index (Phi) is 4.23. The number of rotatable bonds is 4. The summed E-state index contributed by atoms with van der Waals surface area (Å²) in [5.41, 5.74) is 8.41. The minimum atomic E-state index is -0.154. The zero-order chi connectivity index (χ0) is 11.4. The molecule has 15 heavy (non-hydrogen) atoms. The number of hydrogen-bond donors (Lipinski definition) is 2. The molecule has 1 rings (SSSR count). The van der Waals surface area contributed by atoms with Crippen LogP contribution in [0.5, 0.6) is 0 Å². The van der Waals surface area contributed by atoms with Crippen molar-refractivity contribution >= 4 is 17.2 Å². The molecule has 0 saturated heterocycles. The average Bonchev–Trinajstić information content (AvgIpc) is 2.59. The molecule has 1 amide bonds. The van der Waals surface area contributed by atoms with Crippen molar-refractivity contribution < 1.29 is 4.79 Å². The van der Waals surface area contributed by atoms with E-state index in [0.29, 0.717) is 6.54 Å². The fraction of sp³-hybridized carbons (Fsp3) is 0.600. The topological polar surface area (TPSA) is 68.0 Å². The Hall–Kier alpha value is -0.940. The van der Waals surface area contributed by atoms with Crippen LogP contribution in [0.4, 0.5) is 0 Å². The van der Waals surface area contributed by atoms with Gasteiger partial charge in [0.25, 0.3) is 0 Å². The molecule has 0 aliphatic rings. The first-order valence-corrected chi connectivity index (χ1v) is 5.82. The van der Waals surface area contributed by atoms with Gasteiger partial charge in [0.05, 0.1) is 17.7 Å². The fourth-order valence-electron chi connectivity index (χ4n) is 1.06. The van der Waals surface area contributed by atoms with Gasteiger partial charge in [-0.25, -0.2) is 4.98 Å². The van der Waals surface area contributed by atoms with Crippen LogP contribution in [0, 0.1) is 12.8 Å². The Morgan fingerprint density at radius 2 is 2.33 bits per heavy atom. The quantitative estimate of drug-likeness (QED) is 0.808. The van der Waals surface area contributed by atoms with Gasteiger partial charge in [-0.3, -0.25) is 4.79 Å². The van der Waals surface area contributed by atoms with Crippen LogP contribution in [0.1, 0.15) is 24.4 Å². The molecule has 0 radical (unpaired) electrons. The number of aromatic nitrogens is 1. The number of carbonyl (C=O) groups is 1. The molecule has 84 valence electrons. The third kappa shape index (κ3) is 3.28. The summed E-state index contributed by atoms with van der Waals surface area (Å²) in [6.07, 6.45) is 0. The van der Waals surface area contributed by atoms with E-state index in [9.17, 15) is 4.79 Å². The molecule has 0 saturated carbocycles. The minimum Gasteiger partial charge on any atom is -0.351 e. The van der Waals surface area contributed by atoms with E-state index in [1.807, 2.05) is 20.8 Å². The third-order valence-corrected chi connectivity index (χ3v) is 3.41. The number of nitrogens with one attached hydrogen (secondary N) is 1. The summed E-state index contributed by atoms with van der Waals surface area (Å²) >= 11 is 1.55. The van der Waals surface area contributed by atoms with Gasteiger partial charge >= 0.3 is 0 Å². The zero-order valence-electron chi connectivity index (χ0n) is 9.28. The van der Waals surface area contributed by atoms with Gasteiger partial charge in [-0.15, -0.1) is 11.3 Å². The van der Waals surface area contributed by atoms with Gasteiger partial charge in [-0.2, -0.15) is 0 Å². The second-order valence-electron chi connectivity index (χ2n) is 3.73. The Morgan fingerprint density at radius 3 is 2.80 bits per heavy atom. The molecule has 0 bridgehead atoms. The van der Waals surface area contributed by atoms with E-state index in [1.165, 1.54) is 0 Å². The van der Waals surface area contributed by atoms with Gasteiger partial charge < -0.3 is 11.1 Å². The molecule has 2 atom stereocenters. The predicted molar refractivity (Wildman–Crippen MR) is 61.5 cm³/mol. The third-order valence-electron chi connectivity index (χ3n) is 2.47. The Labute approximate surface area is 93.9 Å². The van der Waals surface area contributed by atoms with Crippen molar-refractivity contribution in [3.05, 3.63) is 16.1 Å². The summed E-state index contributed by atoms with van der Waals surface area (Å²) in [7, 11) is 0. The Morgan fingerprint density at radius 1 is 1.67 bits per heavy atom. The minimum absolute atomic E-state index is 0.00204. The molecule has 1 aromatic rings. The van der Waals surface area contributed by atoms with Crippen molar-refractivity contribution in [2.45, 2.75) is 33.4 Å². The van der Waals surface area contributed by atoms with Crippen molar-refractivity contribution in [2.24, 2.45) is 11.7 Å². The van der Waals surface area contributed by atoms with Crippen LogP contribution in [-0.4, -0.2) is 16.9 Å². The van der Waals surface area contributed by atoms with Gasteiger partial charge in [0.1, 0.15) is 0 Å². The highest BCUT2D eigenvalue weighted by Gasteiger charge is 2.16. The number of aryl methyl sites for hydroxylation is 1. The smallest absolute Gasteiger partial charge is 0.224 e. The van der Waals surface area contributed by atoms with Crippen LogP contribution in [0.25, 0.3) is 0 Å². The largest absolute Gasteiger partial charge is 0.351 e. The van der Waals surface area contributed by atoms with Crippen LogP contribution in [-0.2, 0) is 11.3 Å². The summed E-state index contributed by atoms with van der Waals surface area (Å²) in [6, 6.07) is -0.118. The van der Waals surface area contributed by atoms with E-state index in [2.05, 4.69) is 10.3 Å². The van der Waals surface area contributed by atoms with Crippen molar-refractivity contribution in [3.63, 3.8) is 0 Å². The number of hydrogen-bond acceptors (Lipinski definition) is 4. The van der Waals surface area contributed by atoms with Crippen LogP contribution >= 0.6 is 11.3 Å². The van der Waals surface area contributed by atoms with Crippen LogP contribution < -0.4 is 11.1 Å². The molecule has 0 spiro atoms. The summed E-state index contributed by atoms with van der Waals surface area (Å²) in [5, 5.41) is 2.86. The van der Waals surface area contributed by atoms with Gasteiger partial charge in [0.15, 0.2) is 0 Å². The molecule has 1 aromatic heterocycles. The van der Waals surface area contributed by atoms with Gasteiger partial charge in [-0.05, 0) is 13.8 Å². The summed E-state index contributed by atoms with van der Waals surface area (Å²) in [6.45, 7) is 6.15. The summed E-state index contributed by atoms with van der Waals surface area (Å²) in [4.78, 5) is 16.8. The normalized spacial score (nSPS) is 14.7. The summed E-state index contributed by atoms with van der Waals surface area (Å²) < 4.78 is 0. The second-order valence-corrected chi connectivity index (χ2v) is 4.67. The van der Waals surface area contributed by atoms with Gasteiger partial charge in [0.2, 0.25) is 5.91 Å². The molecule has 0 fully saturated rings. The van der Waals surface area contributed by atoms with E-state index in [1.54, 1.807) is 16.8 Å². The van der Waals surface area contributed by atoms with E-state index in [-0.39, 0.29) is 17.9 Å². The Balaban J connectivity index is 2.44. The maximum absolute atomic E-state index is 11.6. The number of nitrogens with two attached hydrogens (primary N) is 1. The van der Waals surface area contributed by atoms with Crippen molar-refractivity contribution in [1.82, 2.24) is 10.3 Å². The molecular weight excluding hydrogens is 210 g/mol. The molecule has 0 aliphatic carbocycles. The SMILES string of the molecule is Cc1ncsc1CNC(=O)C(C)C(C)N. The maximum atomic E-state index is 11.6. The van der Waals surface area contributed by atoms with E-state index in [4.69, 9.17) is 5.73 Å². The zero-order valence-corrected chi connectivity index (χ0v) is 10.1. The molecular formula is C10H17N3OS. The average molecular weight is 227 g/mol. The highest BCUT2D eigenvalue weighted by atomic mass is 32.1. The Bertz CT molecular complexity index is 335. The monoisotopic (exact) mass is 227 g/mol.